The lowest BCUT2D eigenvalue weighted by Gasteiger charge is -2.09. The summed E-state index contributed by atoms with van der Waals surface area (Å²) in [7, 11) is 0. The van der Waals surface area contributed by atoms with Crippen LogP contribution >= 0.6 is 0 Å². The molecule has 6 nitrogen and oxygen atoms in total. The van der Waals surface area contributed by atoms with E-state index < -0.39 is 11.9 Å². The molecule has 2 rings (SSSR count). The van der Waals surface area contributed by atoms with E-state index in [0.717, 1.165) is 11.3 Å². The Morgan fingerprint density at radius 1 is 1.33 bits per heavy atom. The first-order valence-corrected chi connectivity index (χ1v) is 6.60. The van der Waals surface area contributed by atoms with E-state index in [2.05, 4.69) is 10.4 Å². The molecule has 1 heterocycles. The molecule has 110 valence electrons. The highest BCUT2D eigenvalue weighted by Crippen LogP contribution is 2.10. The third-order valence-electron chi connectivity index (χ3n) is 3.10. The lowest BCUT2D eigenvalue weighted by atomic mass is 10.1. The van der Waals surface area contributed by atoms with Crippen LogP contribution in [0, 0.1) is 12.8 Å². The van der Waals surface area contributed by atoms with E-state index >= 15 is 0 Å². The third-order valence-corrected chi connectivity index (χ3v) is 3.10. The van der Waals surface area contributed by atoms with Crippen molar-refractivity contribution in [3.63, 3.8) is 0 Å². The number of aryl methyl sites for hydroxylation is 1. The lowest BCUT2D eigenvalue weighted by molar-refractivity contribution is -0.140. The molecule has 0 radical (unpaired) electrons. The number of rotatable bonds is 5. The first-order chi connectivity index (χ1) is 9.97. The number of nitrogens with one attached hydrogen (secondary N) is 1. The maximum atomic E-state index is 11.9. The highest BCUT2D eigenvalue weighted by molar-refractivity contribution is 5.94. The molecule has 1 aromatic carbocycles. The number of carbonyl (C=O) groups excluding carboxylic acids is 1. The van der Waals surface area contributed by atoms with Gasteiger partial charge in [0.05, 0.1) is 17.8 Å². The van der Waals surface area contributed by atoms with Crippen LogP contribution < -0.4 is 5.32 Å². The zero-order valence-corrected chi connectivity index (χ0v) is 11.9. The van der Waals surface area contributed by atoms with Crippen molar-refractivity contribution in [2.45, 2.75) is 13.8 Å². The van der Waals surface area contributed by atoms with Crippen LogP contribution in [0.1, 0.15) is 22.8 Å². The van der Waals surface area contributed by atoms with Crippen LogP contribution in [0.4, 0.5) is 0 Å². The van der Waals surface area contributed by atoms with Crippen LogP contribution in [0.25, 0.3) is 5.69 Å². The number of aliphatic carboxylic acids is 1. The second kappa shape index (κ2) is 6.21. The molecule has 1 amide bonds. The van der Waals surface area contributed by atoms with Crippen molar-refractivity contribution in [3.8, 4) is 5.69 Å². The predicted molar refractivity (Wildman–Crippen MR) is 77.4 cm³/mol. The molecule has 0 saturated heterocycles. The minimum Gasteiger partial charge on any atom is -0.481 e. The highest BCUT2D eigenvalue weighted by Gasteiger charge is 2.13. The van der Waals surface area contributed by atoms with E-state index in [1.165, 1.54) is 0 Å². The Hall–Kier alpha value is -2.63. The first kappa shape index (κ1) is 14.8. The minimum absolute atomic E-state index is 0.105. The van der Waals surface area contributed by atoms with Crippen LogP contribution in [-0.4, -0.2) is 33.3 Å². The van der Waals surface area contributed by atoms with E-state index in [-0.39, 0.29) is 12.5 Å². The Bertz CT molecular complexity index is 646. The number of hydrogen-bond acceptors (Lipinski definition) is 3. The van der Waals surface area contributed by atoms with Crippen LogP contribution in [-0.2, 0) is 4.79 Å². The Morgan fingerprint density at radius 2 is 2.00 bits per heavy atom. The molecule has 6 heteroatoms. The van der Waals surface area contributed by atoms with Gasteiger partial charge in [0.15, 0.2) is 0 Å². The normalized spacial score (nSPS) is 11.9. The molecule has 0 spiro atoms. The second-order valence-corrected chi connectivity index (χ2v) is 4.96. The van der Waals surface area contributed by atoms with Gasteiger partial charge in [-0.05, 0) is 36.8 Å². The zero-order valence-electron chi connectivity index (χ0n) is 11.9. The van der Waals surface area contributed by atoms with Gasteiger partial charge < -0.3 is 10.4 Å². The largest absolute Gasteiger partial charge is 0.481 e. The Balaban J connectivity index is 2.01. The summed E-state index contributed by atoms with van der Waals surface area (Å²) in [6, 6.07) is 6.96. The number of carboxylic acid groups (broad SMARTS) is 1. The molecular weight excluding hydrogens is 270 g/mol. The number of aromatic nitrogens is 2. The molecule has 0 aliphatic rings. The smallest absolute Gasteiger partial charge is 0.308 e. The average Bonchev–Trinajstić information content (AvgIpc) is 2.91. The van der Waals surface area contributed by atoms with E-state index in [1.807, 2.05) is 13.1 Å². The van der Waals surface area contributed by atoms with Crippen LogP contribution in [0.5, 0.6) is 0 Å². The molecule has 1 atom stereocenters. The highest BCUT2D eigenvalue weighted by atomic mass is 16.4. The van der Waals surface area contributed by atoms with Gasteiger partial charge in [-0.25, -0.2) is 4.68 Å². The standard InChI is InChI=1S/C15H17N3O3/c1-10-7-17-18(9-10)13-5-3-12(4-6-13)14(19)16-8-11(2)15(20)21/h3-7,9,11H,8H2,1-2H3,(H,16,19)(H,20,21). The van der Waals surface area contributed by atoms with Crippen molar-refractivity contribution in [1.29, 1.82) is 0 Å². The van der Waals surface area contributed by atoms with Crippen molar-refractivity contribution in [2.24, 2.45) is 5.92 Å². The van der Waals surface area contributed by atoms with Crippen molar-refractivity contribution in [1.82, 2.24) is 15.1 Å². The molecule has 1 aromatic heterocycles. The van der Waals surface area contributed by atoms with E-state index in [0.29, 0.717) is 5.56 Å². The van der Waals surface area contributed by atoms with E-state index in [4.69, 9.17) is 5.11 Å². The van der Waals surface area contributed by atoms with Crippen molar-refractivity contribution in [2.75, 3.05) is 6.54 Å². The Morgan fingerprint density at radius 3 is 2.52 bits per heavy atom. The van der Waals surface area contributed by atoms with Gasteiger partial charge in [-0.3, -0.25) is 9.59 Å². The third kappa shape index (κ3) is 3.68. The topological polar surface area (TPSA) is 84.2 Å². The van der Waals surface area contributed by atoms with E-state index in [9.17, 15) is 9.59 Å². The number of carbonyl (C=O) groups is 2. The van der Waals surface area contributed by atoms with Crippen LogP contribution in [0.3, 0.4) is 0 Å². The van der Waals surface area contributed by atoms with Crippen molar-refractivity contribution in [3.05, 3.63) is 47.8 Å². The molecular formula is C15H17N3O3. The summed E-state index contributed by atoms with van der Waals surface area (Å²) in [6.45, 7) is 3.61. The van der Waals surface area contributed by atoms with Gasteiger partial charge in [0.25, 0.3) is 5.91 Å². The molecule has 1 unspecified atom stereocenters. The zero-order chi connectivity index (χ0) is 15.4. The summed E-state index contributed by atoms with van der Waals surface area (Å²) in [5.74, 6) is -1.83. The fourth-order valence-corrected chi connectivity index (χ4v) is 1.75. The summed E-state index contributed by atoms with van der Waals surface area (Å²) in [5, 5.41) is 15.6. The van der Waals surface area contributed by atoms with Gasteiger partial charge in [-0.15, -0.1) is 0 Å². The SMILES string of the molecule is Cc1cnn(-c2ccc(C(=O)NCC(C)C(=O)O)cc2)c1. The fraction of sp³-hybridized carbons (Fsp3) is 0.267. The van der Waals surface area contributed by atoms with Gasteiger partial charge in [0.1, 0.15) is 0 Å². The second-order valence-electron chi connectivity index (χ2n) is 4.96. The van der Waals surface area contributed by atoms with Gasteiger partial charge in [0, 0.05) is 18.3 Å². The number of carboxylic acids is 1. The Labute approximate surface area is 122 Å². The lowest BCUT2D eigenvalue weighted by Crippen LogP contribution is -2.31. The van der Waals surface area contributed by atoms with Crippen LogP contribution in [0.2, 0.25) is 0 Å². The van der Waals surface area contributed by atoms with Gasteiger partial charge in [-0.1, -0.05) is 6.92 Å². The molecule has 0 bridgehead atoms. The minimum atomic E-state index is -0.931. The number of benzene rings is 1. The molecule has 0 aliphatic heterocycles. The number of nitrogens with zero attached hydrogens (tertiary/aromatic N) is 2. The number of hydrogen-bond donors (Lipinski definition) is 2. The maximum absolute atomic E-state index is 11.9. The molecule has 2 N–H and O–H groups in total. The van der Waals surface area contributed by atoms with Gasteiger partial charge in [0.2, 0.25) is 0 Å². The summed E-state index contributed by atoms with van der Waals surface area (Å²) < 4.78 is 1.73. The van der Waals surface area contributed by atoms with Gasteiger partial charge >= 0.3 is 5.97 Å². The van der Waals surface area contributed by atoms with E-state index in [1.54, 1.807) is 42.1 Å². The maximum Gasteiger partial charge on any atom is 0.308 e. The summed E-state index contributed by atoms with van der Waals surface area (Å²) in [6.07, 6.45) is 3.65. The summed E-state index contributed by atoms with van der Waals surface area (Å²) in [5.41, 5.74) is 2.40. The Kier molecular flexibility index (Phi) is 4.37. The predicted octanol–water partition coefficient (Wildman–Crippen LogP) is 1.63. The van der Waals surface area contributed by atoms with Crippen LogP contribution in [0.15, 0.2) is 36.7 Å². The quantitative estimate of drug-likeness (QED) is 0.875. The molecule has 2 aromatic rings. The fourth-order valence-electron chi connectivity index (χ4n) is 1.75. The summed E-state index contributed by atoms with van der Waals surface area (Å²) >= 11 is 0. The molecule has 0 saturated carbocycles. The monoisotopic (exact) mass is 287 g/mol. The summed E-state index contributed by atoms with van der Waals surface area (Å²) in [4.78, 5) is 22.6. The molecule has 0 fully saturated rings. The van der Waals surface area contributed by atoms with Crippen molar-refractivity contribution < 1.29 is 14.7 Å². The van der Waals surface area contributed by atoms with Crippen molar-refractivity contribution >= 4 is 11.9 Å². The molecule has 21 heavy (non-hydrogen) atoms. The van der Waals surface area contributed by atoms with Gasteiger partial charge in [-0.2, -0.15) is 5.10 Å². The molecule has 0 aliphatic carbocycles. The number of amides is 1. The average molecular weight is 287 g/mol. The first-order valence-electron chi connectivity index (χ1n) is 6.60.